The Morgan fingerprint density at radius 1 is 1.26 bits per heavy atom. The fourth-order valence-corrected chi connectivity index (χ4v) is 3.30. The maximum absolute atomic E-state index is 12.8. The number of ether oxygens (including phenoxy) is 2. The molecule has 27 heavy (non-hydrogen) atoms. The van der Waals surface area contributed by atoms with Gasteiger partial charge >= 0.3 is 0 Å². The van der Waals surface area contributed by atoms with Crippen LogP contribution in [0.25, 0.3) is 0 Å². The summed E-state index contributed by atoms with van der Waals surface area (Å²) in [6.07, 6.45) is 0.938. The van der Waals surface area contributed by atoms with Crippen LogP contribution < -0.4 is 20.5 Å². The van der Waals surface area contributed by atoms with Crippen molar-refractivity contribution in [2.24, 2.45) is 5.73 Å². The molecule has 1 saturated heterocycles. The number of benzene rings is 2. The topological polar surface area (TPSA) is 76.8 Å². The van der Waals surface area contributed by atoms with Gasteiger partial charge in [0.1, 0.15) is 18.1 Å². The number of carbonyl (C=O) groups is 1. The van der Waals surface area contributed by atoms with Gasteiger partial charge in [-0.1, -0.05) is 30.3 Å². The Kier molecular flexibility index (Phi) is 6.68. The summed E-state index contributed by atoms with van der Waals surface area (Å²) in [6.45, 7) is 3.45. The second-order valence-electron chi connectivity index (χ2n) is 6.68. The van der Waals surface area contributed by atoms with Gasteiger partial charge < -0.3 is 20.5 Å². The molecule has 0 bridgehead atoms. The lowest BCUT2D eigenvalue weighted by molar-refractivity contribution is 0.0933. The minimum absolute atomic E-state index is 0.128. The van der Waals surface area contributed by atoms with Crippen LogP contribution in [-0.4, -0.2) is 50.2 Å². The first-order valence-electron chi connectivity index (χ1n) is 9.27. The molecule has 144 valence electrons. The number of rotatable bonds is 8. The number of nitrogens with one attached hydrogen (secondary N) is 1. The van der Waals surface area contributed by atoms with Gasteiger partial charge in [-0.05, 0) is 24.1 Å². The summed E-state index contributed by atoms with van der Waals surface area (Å²) in [6, 6.07) is 15.7. The van der Waals surface area contributed by atoms with E-state index in [1.807, 2.05) is 6.07 Å². The molecule has 6 heteroatoms. The molecule has 0 radical (unpaired) electrons. The molecule has 0 saturated carbocycles. The second-order valence-corrected chi connectivity index (χ2v) is 6.68. The average molecular weight is 369 g/mol. The van der Waals surface area contributed by atoms with E-state index in [9.17, 15) is 4.79 Å². The van der Waals surface area contributed by atoms with Gasteiger partial charge in [0, 0.05) is 38.3 Å². The van der Waals surface area contributed by atoms with E-state index in [4.69, 9.17) is 15.2 Å². The van der Waals surface area contributed by atoms with E-state index in [2.05, 4.69) is 34.5 Å². The normalized spacial score (nSPS) is 16.9. The second kappa shape index (κ2) is 9.39. The van der Waals surface area contributed by atoms with Crippen molar-refractivity contribution >= 4 is 5.91 Å². The molecular formula is C21H27N3O3. The van der Waals surface area contributed by atoms with Crippen LogP contribution in [-0.2, 0) is 6.54 Å². The van der Waals surface area contributed by atoms with Crippen LogP contribution in [0.1, 0.15) is 22.3 Å². The van der Waals surface area contributed by atoms with Crippen LogP contribution in [0.5, 0.6) is 11.5 Å². The number of amides is 1. The summed E-state index contributed by atoms with van der Waals surface area (Å²) in [4.78, 5) is 15.1. The smallest absolute Gasteiger partial charge is 0.255 e. The zero-order valence-electron chi connectivity index (χ0n) is 15.7. The van der Waals surface area contributed by atoms with E-state index in [0.717, 1.165) is 26.1 Å². The molecule has 1 aliphatic rings. The molecule has 0 spiro atoms. The molecule has 0 unspecified atom stereocenters. The van der Waals surface area contributed by atoms with Crippen molar-refractivity contribution in [3.05, 3.63) is 59.7 Å². The predicted octanol–water partition coefficient (Wildman–Crippen LogP) is 2.04. The van der Waals surface area contributed by atoms with Crippen LogP contribution in [0, 0.1) is 0 Å². The maximum atomic E-state index is 12.8. The summed E-state index contributed by atoms with van der Waals surface area (Å²) < 4.78 is 10.9. The quantitative estimate of drug-likeness (QED) is 0.745. The van der Waals surface area contributed by atoms with E-state index in [1.165, 1.54) is 5.56 Å². The van der Waals surface area contributed by atoms with Gasteiger partial charge in [-0.15, -0.1) is 0 Å². The first-order chi connectivity index (χ1) is 13.2. The van der Waals surface area contributed by atoms with E-state index in [1.54, 1.807) is 25.3 Å². The molecule has 2 aromatic carbocycles. The van der Waals surface area contributed by atoms with Crippen LogP contribution in [0.3, 0.4) is 0 Å². The van der Waals surface area contributed by atoms with Gasteiger partial charge in [-0.25, -0.2) is 0 Å². The third kappa shape index (κ3) is 5.21. The number of carbonyl (C=O) groups excluding carboxylic acids is 1. The standard InChI is InChI=1S/C21H27N3O3/c1-26-18-7-8-19(20(13-18)27-12-10-22)21(25)23-17-9-11-24(15-17)14-16-5-3-2-4-6-16/h2-8,13,17H,9-12,14-15,22H2,1H3,(H,23,25)/t17-/m0/s1. The average Bonchev–Trinajstić information content (AvgIpc) is 3.13. The number of hydrogen-bond acceptors (Lipinski definition) is 5. The summed E-state index contributed by atoms with van der Waals surface area (Å²) in [5, 5.41) is 3.13. The molecular weight excluding hydrogens is 342 g/mol. The molecule has 1 heterocycles. The lowest BCUT2D eigenvalue weighted by Crippen LogP contribution is -2.37. The van der Waals surface area contributed by atoms with Crippen LogP contribution in [0.15, 0.2) is 48.5 Å². The van der Waals surface area contributed by atoms with Crippen molar-refractivity contribution < 1.29 is 14.3 Å². The maximum Gasteiger partial charge on any atom is 0.255 e. The monoisotopic (exact) mass is 369 g/mol. The molecule has 0 aliphatic carbocycles. The van der Waals surface area contributed by atoms with Crippen molar-refractivity contribution in [3.63, 3.8) is 0 Å². The molecule has 0 aromatic heterocycles. The van der Waals surface area contributed by atoms with Gasteiger partial charge in [-0.3, -0.25) is 9.69 Å². The summed E-state index contributed by atoms with van der Waals surface area (Å²) >= 11 is 0. The van der Waals surface area contributed by atoms with E-state index in [-0.39, 0.29) is 11.9 Å². The lowest BCUT2D eigenvalue weighted by Gasteiger charge is -2.18. The van der Waals surface area contributed by atoms with Crippen LogP contribution in [0.2, 0.25) is 0 Å². The summed E-state index contributed by atoms with van der Waals surface area (Å²) in [5.41, 5.74) is 7.32. The fraction of sp³-hybridized carbons (Fsp3) is 0.381. The van der Waals surface area contributed by atoms with E-state index in [0.29, 0.717) is 30.2 Å². The lowest BCUT2D eigenvalue weighted by atomic mass is 10.1. The molecule has 3 rings (SSSR count). The number of likely N-dealkylation sites (tertiary alicyclic amines) is 1. The first kappa shape index (κ1) is 19.2. The number of nitrogens with two attached hydrogens (primary N) is 1. The van der Waals surface area contributed by atoms with Crippen molar-refractivity contribution in [1.82, 2.24) is 10.2 Å². The van der Waals surface area contributed by atoms with Gasteiger partial charge in [0.2, 0.25) is 0 Å². The molecule has 1 atom stereocenters. The van der Waals surface area contributed by atoms with E-state index >= 15 is 0 Å². The molecule has 1 aliphatic heterocycles. The number of methoxy groups -OCH3 is 1. The molecule has 1 amide bonds. The molecule has 1 fully saturated rings. The van der Waals surface area contributed by atoms with Crippen molar-refractivity contribution in [1.29, 1.82) is 0 Å². The van der Waals surface area contributed by atoms with Gasteiger partial charge in [-0.2, -0.15) is 0 Å². The highest BCUT2D eigenvalue weighted by atomic mass is 16.5. The third-order valence-electron chi connectivity index (χ3n) is 4.67. The minimum atomic E-state index is -0.128. The Morgan fingerprint density at radius 3 is 2.81 bits per heavy atom. The molecule has 6 nitrogen and oxygen atoms in total. The molecule has 3 N–H and O–H groups in total. The fourth-order valence-electron chi connectivity index (χ4n) is 3.30. The first-order valence-corrected chi connectivity index (χ1v) is 9.27. The van der Waals surface area contributed by atoms with Gasteiger partial charge in [0.15, 0.2) is 0 Å². The molecule has 2 aromatic rings. The Labute approximate surface area is 160 Å². The largest absolute Gasteiger partial charge is 0.497 e. The summed E-state index contributed by atoms with van der Waals surface area (Å²) in [7, 11) is 1.58. The van der Waals surface area contributed by atoms with Crippen LogP contribution >= 0.6 is 0 Å². The Morgan fingerprint density at radius 2 is 2.07 bits per heavy atom. The highest BCUT2D eigenvalue weighted by Gasteiger charge is 2.25. The van der Waals surface area contributed by atoms with Gasteiger partial charge in [0.25, 0.3) is 5.91 Å². The predicted molar refractivity (Wildman–Crippen MR) is 105 cm³/mol. The summed E-state index contributed by atoms with van der Waals surface area (Å²) in [5.74, 6) is 1.01. The van der Waals surface area contributed by atoms with Crippen molar-refractivity contribution in [2.75, 3.05) is 33.4 Å². The Balaban J connectivity index is 1.60. The van der Waals surface area contributed by atoms with Crippen molar-refractivity contribution in [2.45, 2.75) is 19.0 Å². The number of hydrogen-bond donors (Lipinski definition) is 2. The van der Waals surface area contributed by atoms with Gasteiger partial charge in [0.05, 0.1) is 12.7 Å². The van der Waals surface area contributed by atoms with Crippen molar-refractivity contribution in [3.8, 4) is 11.5 Å². The van der Waals surface area contributed by atoms with Crippen LogP contribution in [0.4, 0.5) is 0 Å². The zero-order chi connectivity index (χ0) is 19.1. The minimum Gasteiger partial charge on any atom is -0.497 e. The SMILES string of the molecule is COc1ccc(C(=O)N[C@H]2CCN(Cc3ccccc3)C2)c(OCCN)c1. The highest BCUT2D eigenvalue weighted by Crippen LogP contribution is 2.25. The number of nitrogens with zero attached hydrogens (tertiary/aromatic N) is 1. The zero-order valence-corrected chi connectivity index (χ0v) is 15.7. The van der Waals surface area contributed by atoms with E-state index < -0.39 is 0 Å². The Bertz CT molecular complexity index is 752. The Hall–Kier alpha value is -2.57. The highest BCUT2D eigenvalue weighted by molar-refractivity contribution is 5.97. The third-order valence-corrected chi connectivity index (χ3v) is 4.67.